The molecule has 3 aromatic rings. The third kappa shape index (κ3) is 4.47. The average Bonchev–Trinajstić information content (AvgIpc) is 3.29. The topological polar surface area (TPSA) is 141 Å². The summed E-state index contributed by atoms with van der Waals surface area (Å²) < 4.78 is 11.6. The van der Waals surface area contributed by atoms with E-state index in [1.54, 1.807) is 50.2 Å². The first-order valence-corrected chi connectivity index (χ1v) is 10.1. The molecule has 0 saturated heterocycles. The van der Waals surface area contributed by atoms with Crippen LogP contribution < -0.4 is 31.2 Å². The van der Waals surface area contributed by atoms with E-state index in [0.29, 0.717) is 27.8 Å². The Morgan fingerprint density at radius 2 is 1.73 bits per heavy atom. The predicted molar refractivity (Wildman–Crippen MR) is 117 cm³/mol. The van der Waals surface area contributed by atoms with Crippen LogP contribution in [0.5, 0.6) is 11.5 Å². The minimum Gasteiger partial charge on any atom is -0.454 e. The van der Waals surface area contributed by atoms with Crippen molar-refractivity contribution in [3.63, 3.8) is 0 Å². The monoisotopic (exact) mass is 451 g/mol. The largest absolute Gasteiger partial charge is 0.454 e. The van der Waals surface area contributed by atoms with E-state index < -0.39 is 17.7 Å². The molecule has 1 aliphatic heterocycles. The van der Waals surface area contributed by atoms with Crippen LogP contribution >= 0.6 is 0 Å². The summed E-state index contributed by atoms with van der Waals surface area (Å²) in [4.78, 5) is 49.7. The molecule has 33 heavy (non-hydrogen) atoms. The highest BCUT2D eigenvalue weighted by Gasteiger charge is 2.19. The van der Waals surface area contributed by atoms with Crippen molar-refractivity contribution >= 4 is 28.5 Å². The van der Waals surface area contributed by atoms with Gasteiger partial charge in [0.1, 0.15) is 0 Å². The zero-order valence-corrected chi connectivity index (χ0v) is 17.9. The smallest absolute Gasteiger partial charge is 0.290 e. The van der Waals surface area contributed by atoms with Crippen LogP contribution in [0.1, 0.15) is 40.7 Å². The molecule has 1 aromatic heterocycles. The molecule has 3 amide bonds. The molecule has 0 aliphatic carbocycles. The van der Waals surface area contributed by atoms with Gasteiger partial charge in [0.15, 0.2) is 17.2 Å². The Morgan fingerprint density at radius 3 is 2.48 bits per heavy atom. The van der Waals surface area contributed by atoms with Gasteiger partial charge in [0.25, 0.3) is 23.3 Å². The zero-order valence-electron chi connectivity index (χ0n) is 17.9. The first kappa shape index (κ1) is 21.8. The van der Waals surface area contributed by atoms with Crippen LogP contribution in [0.3, 0.4) is 0 Å². The number of nitrogens with zero attached hydrogens (tertiary/aromatic N) is 2. The SMILES string of the molecule is CC(C)n1nc(C(=O)NNC(=O)CNC(=O)c2ccc3c(c2)OCO3)c2ccccc2c1=O. The van der Waals surface area contributed by atoms with E-state index in [4.69, 9.17) is 9.47 Å². The lowest BCUT2D eigenvalue weighted by Gasteiger charge is -2.14. The van der Waals surface area contributed by atoms with Gasteiger partial charge in [-0.05, 0) is 38.1 Å². The van der Waals surface area contributed by atoms with Crippen molar-refractivity contribution < 1.29 is 23.9 Å². The normalized spacial score (nSPS) is 12.0. The first-order valence-electron chi connectivity index (χ1n) is 10.1. The lowest BCUT2D eigenvalue weighted by Crippen LogP contribution is -2.47. The Hall–Kier alpha value is -4.41. The Balaban J connectivity index is 1.39. The summed E-state index contributed by atoms with van der Waals surface area (Å²) in [5.41, 5.74) is 4.47. The van der Waals surface area contributed by atoms with Crippen molar-refractivity contribution in [3.05, 3.63) is 64.1 Å². The minimum atomic E-state index is -0.698. The standard InChI is InChI=1S/C22H21N5O6/c1-12(2)27-22(31)15-6-4-3-5-14(15)19(26-27)21(30)25-24-18(28)10-23-20(29)13-7-8-16-17(9-13)33-11-32-16/h3-9,12H,10-11H2,1-2H3,(H,23,29)(H,24,28)(H,25,30). The van der Waals surface area contributed by atoms with Crippen LogP contribution in [0.15, 0.2) is 47.3 Å². The van der Waals surface area contributed by atoms with Gasteiger partial charge in [-0.15, -0.1) is 0 Å². The van der Waals surface area contributed by atoms with E-state index in [2.05, 4.69) is 21.3 Å². The maximum absolute atomic E-state index is 12.7. The van der Waals surface area contributed by atoms with Crippen LogP contribution in [-0.4, -0.2) is 40.8 Å². The van der Waals surface area contributed by atoms with Crippen LogP contribution in [0.4, 0.5) is 0 Å². The van der Waals surface area contributed by atoms with Crippen LogP contribution in [0.2, 0.25) is 0 Å². The van der Waals surface area contributed by atoms with Gasteiger partial charge in [-0.25, -0.2) is 4.68 Å². The molecule has 0 atom stereocenters. The Labute approximate surface area is 187 Å². The fourth-order valence-electron chi connectivity index (χ4n) is 3.25. The number of ether oxygens (including phenoxy) is 2. The minimum absolute atomic E-state index is 0.0106. The summed E-state index contributed by atoms with van der Waals surface area (Å²) in [6, 6.07) is 11.0. The number of benzene rings is 2. The molecule has 11 nitrogen and oxygen atoms in total. The van der Waals surface area contributed by atoms with Crippen molar-refractivity contribution in [2.24, 2.45) is 0 Å². The quantitative estimate of drug-likeness (QED) is 0.490. The predicted octanol–water partition coefficient (Wildman–Crippen LogP) is 0.897. The molecule has 2 aromatic carbocycles. The molecular weight excluding hydrogens is 430 g/mol. The fourth-order valence-corrected chi connectivity index (χ4v) is 3.25. The maximum Gasteiger partial charge on any atom is 0.290 e. The number of amides is 3. The van der Waals surface area contributed by atoms with E-state index in [1.807, 2.05) is 0 Å². The third-order valence-electron chi connectivity index (χ3n) is 4.89. The van der Waals surface area contributed by atoms with Gasteiger partial charge in [0.2, 0.25) is 6.79 Å². The molecule has 3 N–H and O–H groups in total. The van der Waals surface area contributed by atoms with Gasteiger partial charge in [0, 0.05) is 10.9 Å². The Bertz CT molecular complexity index is 1320. The highest BCUT2D eigenvalue weighted by atomic mass is 16.7. The van der Waals surface area contributed by atoms with Crippen LogP contribution in [0, 0.1) is 0 Å². The number of nitrogens with one attached hydrogen (secondary N) is 3. The van der Waals surface area contributed by atoms with Gasteiger partial charge in [-0.1, -0.05) is 18.2 Å². The summed E-state index contributed by atoms with van der Waals surface area (Å²) in [7, 11) is 0. The molecule has 170 valence electrons. The van der Waals surface area contributed by atoms with Crippen LogP contribution in [-0.2, 0) is 4.79 Å². The average molecular weight is 451 g/mol. The molecule has 0 unspecified atom stereocenters. The summed E-state index contributed by atoms with van der Waals surface area (Å²) in [6.07, 6.45) is 0. The summed E-state index contributed by atoms with van der Waals surface area (Å²) >= 11 is 0. The molecule has 2 heterocycles. The zero-order chi connectivity index (χ0) is 23.5. The maximum atomic E-state index is 12.7. The van der Waals surface area contributed by atoms with Gasteiger partial charge >= 0.3 is 0 Å². The fraction of sp³-hybridized carbons (Fsp3) is 0.227. The molecule has 1 aliphatic rings. The number of carbonyl (C=O) groups is 3. The van der Waals surface area contributed by atoms with Crippen LogP contribution in [0.25, 0.3) is 10.8 Å². The molecule has 0 bridgehead atoms. The molecule has 0 fully saturated rings. The van der Waals surface area contributed by atoms with Crippen molar-refractivity contribution in [3.8, 4) is 11.5 Å². The van der Waals surface area contributed by atoms with E-state index in [1.165, 1.54) is 10.7 Å². The van der Waals surface area contributed by atoms with Crippen molar-refractivity contribution in [2.45, 2.75) is 19.9 Å². The number of carbonyl (C=O) groups excluding carboxylic acids is 3. The van der Waals surface area contributed by atoms with Crippen molar-refractivity contribution in [2.75, 3.05) is 13.3 Å². The summed E-state index contributed by atoms with van der Waals surface area (Å²) in [5.74, 6) is -0.861. The molecular formula is C22H21N5O6. The van der Waals surface area contributed by atoms with Crippen molar-refractivity contribution in [1.82, 2.24) is 25.9 Å². The summed E-state index contributed by atoms with van der Waals surface area (Å²) in [5, 5.41) is 7.33. The number of fused-ring (bicyclic) bond motifs is 2. The number of hydrazine groups is 1. The van der Waals surface area contributed by atoms with E-state index >= 15 is 0 Å². The number of aromatic nitrogens is 2. The molecule has 11 heteroatoms. The molecule has 0 saturated carbocycles. The highest BCUT2D eigenvalue weighted by Crippen LogP contribution is 2.32. The molecule has 4 rings (SSSR count). The highest BCUT2D eigenvalue weighted by molar-refractivity contribution is 6.05. The summed E-state index contributed by atoms with van der Waals surface area (Å²) in [6.45, 7) is 3.25. The van der Waals surface area contributed by atoms with Gasteiger partial charge in [0.05, 0.1) is 18.0 Å². The van der Waals surface area contributed by atoms with E-state index in [9.17, 15) is 19.2 Å². The first-order chi connectivity index (χ1) is 15.8. The second-order valence-electron chi connectivity index (χ2n) is 7.49. The lowest BCUT2D eigenvalue weighted by molar-refractivity contribution is -0.120. The van der Waals surface area contributed by atoms with Crippen molar-refractivity contribution in [1.29, 1.82) is 0 Å². The molecule has 0 radical (unpaired) electrons. The van der Waals surface area contributed by atoms with Gasteiger partial charge < -0.3 is 14.8 Å². The second-order valence-corrected chi connectivity index (χ2v) is 7.49. The Morgan fingerprint density at radius 1 is 1.00 bits per heavy atom. The Kier molecular flexibility index (Phi) is 5.94. The third-order valence-corrected chi connectivity index (χ3v) is 4.89. The number of hydrogen-bond acceptors (Lipinski definition) is 7. The van der Waals surface area contributed by atoms with Gasteiger partial charge in [-0.3, -0.25) is 30.0 Å². The molecule has 0 spiro atoms. The number of rotatable bonds is 5. The van der Waals surface area contributed by atoms with E-state index in [-0.39, 0.29) is 30.6 Å². The van der Waals surface area contributed by atoms with Gasteiger partial charge in [-0.2, -0.15) is 5.10 Å². The van der Waals surface area contributed by atoms with E-state index in [0.717, 1.165) is 0 Å². The number of hydrogen-bond donors (Lipinski definition) is 3. The lowest BCUT2D eigenvalue weighted by atomic mass is 10.1. The second kappa shape index (κ2) is 8.99.